The molecule has 0 radical (unpaired) electrons. The lowest BCUT2D eigenvalue weighted by atomic mass is 10.1. The van der Waals surface area contributed by atoms with Gasteiger partial charge in [-0.3, -0.25) is 0 Å². The molecule has 0 bridgehead atoms. The van der Waals surface area contributed by atoms with E-state index in [4.69, 9.17) is 4.74 Å². The Morgan fingerprint density at radius 2 is 1.95 bits per heavy atom. The van der Waals surface area contributed by atoms with Crippen LogP contribution in [-0.2, 0) is 6.54 Å². The van der Waals surface area contributed by atoms with Crippen molar-refractivity contribution in [2.45, 2.75) is 58.1 Å². The molecule has 0 atom stereocenters. The van der Waals surface area contributed by atoms with Crippen LogP contribution < -0.4 is 10.1 Å². The highest BCUT2D eigenvalue weighted by Gasteiger charge is 2.15. The first-order chi connectivity index (χ1) is 9.29. The predicted octanol–water partition coefficient (Wildman–Crippen LogP) is 4.04. The normalized spacial score (nSPS) is 17.2. The molecular formula is C16H24FNO. The molecule has 3 heteroatoms. The van der Waals surface area contributed by atoms with Crippen LogP contribution in [0.5, 0.6) is 5.75 Å². The SMILES string of the molecule is CCNCc1cc(F)ccc1OC1CCCCCC1. The van der Waals surface area contributed by atoms with E-state index in [0.29, 0.717) is 12.6 Å². The molecule has 1 aliphatic carbocycles. The van der Waals surface area contributed by atoms with Crippen LogP contribution in [0.25, 0.3) is 0 Å². The molecule has 0 heterocycles. The Hall–Kier alpha value is -1.09. The van der Waals surface area contributed by atoms with Crippen molar-refractivity contribution in [1.82, 2.24) is 5.32 Å². The number of nitrogens with one attached hydrogen (secondary N) is 1. The summed E-state index contributed by atoms with van der Waals surface area (Å²) in [6, 6.07) is 4.84. The largest absolute Gasteiger partial charge is 0.490 e. The molecule has 1 N–H and O–H groups in total. The van der Waals surface area contributed by atoms with Gasteiger partial charge in [0, 0.05) is 12.1 Å². The Labute approximate surface area is 115 Å². The molecule has 2 rings (SSSR count). The molecule has 1 fully saturated rings. The van der Waals surface area contributed by atoms with Gasteiger partial charge in [0.2, 0.25) is 0 Å². The van der Waals surface area contributed by atoms with Crippen molar-refractivity contribution in [1.29, 1.82) is 0 Å². The van der Waals surface area contributed by atoms with Gasteiger partial charge in [-0.2, -0.15) is 0 Å². The van der Waals surface area contributed by atoms with E-state index in [0.717, 1.165) is 30.7 Å². The molecule has 0 aromatic heterocycles. The number of hydrogen-bond donors (Lipinski definition) is 1. The second kappa shape index (κ2) is 7.49. The molecule has 0 unspecified atom stereocenters. The van der Waals surface area contributed by atoms with Gasteiger partial charge >= 0.3 is 0 Å². The van der Waals surface area contributed by atoms with Crippen LogP contribution in [0.4, 0.5) is 4.39 Å². The summed E-state index contributed by atoms with van der Waals surface area (Å²) >= 11 is 0. The van der Waals surface area contributed by atoms with Crippen molar-refractivity contribution >= 4 is 0 Å². The zero-order valence-electron chi connectivity index (χ0n) is 11.8. The van der Waals surface area contributed by atoms with Gasteiger partial charge in [-0.25, -0.2) is 4.39 Å². The molecule has 1 aromatic rings. The molecule has 0 amide bonds. The van der Waals surface area contributed by atoms with E-state index < -0.39 is 0 Å². The maximum absolute atomic E-state index is 13.3. The van der Waals surface area contributed by atoms with Crippen molar-refractivity contribution in [2.75, 3.05) is 6.54 Å². The van der Waals surface area contributed by atoms with E-state index in [2.05, 4.69) is 5.32 Å². The first kappa shape index (κ1) is 14.3. The van der Waals surface area contributed by atoms with Gasteiger partial charge in [-0.05, 0) is 50.4 Å². The van der Waals surface area contributed by atoms with E-state index in [1.165, 1.54) is 31.7 Å². The quantitative estimate of drug-likeness (QED) is 0.811. The fourth-order valence-corrected chi connectivity index (χ4v) is 2.60. The topological polar surface area (TPSA) is 21.3 Å². The third-order valence-corrected chi connectivity index (χ3v) is 3.68. The monoisotopic (exact) mass is 265 g/mol. The van der Waals surface area contributed by atoms with Gasteiger partial charge in [0.05, 0.1) is 6.10 Å². The van der Waals surface area contributed by atoms with Gasteiger partial charge in [-0.1, -0.05) is 19.8 Å². The van der Waals surface area contributed by atoms with Crippen molar-refractivity contribution in [3.63, 3.8) is 0 Å². The first-order valence-electron chi connectivity index (χ1n) is 7.45. The summed E-state index contributed by atoms with van der Waals surface area (Å²) in [5.74, 6) is 0.648. The van der Waals surface area contributed by atoms with E-state index in [1.807, 2.05) is 6.92 Å². The molecule has 1 aromatic carbocycles. The van der Waals surface area contributed by atoms with Crippen molar-refractivity contribution in [3.8, 4) is 5.75 Å². The van der Waals surface area contributed by atoms with Crippen LogP contribution in [0.1, 0.15) is 51.0 Å². The third kappa shape index (κ3) is 4.50. The highest BCUT2D eigenvalue weighted by molar-refractivity contribution is 5.34. The van der Waals surface area contributed by atoms with Crippen molar-refractivity contribution in [3.05, 3.63) is 29.6 Å². The first-order valence-corrected chi connectivity index (χ1v) is 7.45. The van der Waals surface area contributed by atoms with Crippen LogP contribution in [0.2, 0.25) is 0 Å². The minimum Gasteiger partial charge on any atom is -0.490 e. The number of ether oxygens (including phenoxy) is 1. The van der Waals surface area contributed by atoms with Crippen LogP contribution in [-0.4, -0.2) is 12.6 Å². The van der Waals surface area contributed by atoms with Crippen LogP contribution >= 0.6 is 0 Å². The average molecular weight is 265 g/mol. The number of hydrogen-bond acceptors (Lipinski definition) is 2. The highest BCUT2D eigenvalue weighted by Crippen LogP contribution is 2.26. The lowest BCUT2D eigenvalue weighted by Crippen LogP contribution is -2.18. The number of halogens is 1. The Kier molecular flexibility index (Phi) is 5.64. The highest BCUT2D eigenvalue weighted by atomic mass is 19.1. The Morgan fingerprint density at radius 3 is 2.63 bits per heavy atom. The molecule has 0 spiro atoms. The average Bonchev–Trinajstić information content (AvgIpc) is 2.67. The van der Waals surface area contributed by atoms with E-state index in [1.54, 1.807) is 12.1 Å². The molecule has 0 aliphatic heterocycles. The summed E-state index contributed by atoms with van der Waals surface area (Å²) in [6.07, 6.45) is 7.66. The lowest BCUT2D eigenvalue weighted by molar-refractivity contribution is 0.181. The van der Waals surface area contributed by atoms with Crippen LogP contribution in [0, 0.1) is 5.82 Å². The fourth-order valence-electron chi connectivity index (χ4n) is 2.60. The second-order valence-electron chi connectivity index (χ2n) is 5.26. The van der Waals surface area contributed by atoms with Gasteiger partial charge in [0.15, 0.2) is 0 Å². The summed E-state index contributed by atoms with van der Waals surface area (Å²) in [5.41, 5.74) is 0.922. The third-order valence-electron chi connectivity index (χ3n) is 3.68. The fraction of sp³-hybridized carbons (Fsp3) is 0.625. The Morgan fingerprint density at radius 1 is 1.21 bits per heavy atom. The van der Waals surface area contributed by atoms with E-state index >= 15 is 0 Å². The summed E-state index contributed by atoms with van der Waals surface area (Å²) in [5, 5.41) is 3.24. The number of benzene rings is 1. The molecule has 0 saturated heterocycles. The van der Waals surface area contributed by atoms with Crippen LogP contribution in [0.15, 0.2) is 18.2 Å². The predicted molar refractivity (Wildman–Crippen MR) is 75.9 cm³/mol. The lowest BCUT2D eigenvalue weighted by Gasteiger charge is -2.19. The molecule has 1 aliphatic rings. The minimum absolute atomic E-state index is 0.193. The maximum Gasteiger partial charge on any atom is 0.124 e. The molecule has 19 heavy (non-hydrogen) atoms. The molecule has 2 nitrogen and oxygen atoms in total. The van der Waals surface area contributed by atoms with Gasteiger partial charge in [0.1, 0.15) is 11.6 Å². The van der Waals surface area contributed by atoms with Gasteiger partial charge in [0.25, 0.3) is 0 Å². The Balaban J connectivity index is 2.04. The summed E-state index contributed by atoms with van der Waals surface area (Å²) in [6.45, 7) is 3.58. The molecule has 1 saturated carbocycles. The molecule has 106 valence electrons. The van der Waals surface area contributed by atoms with Crippen LogP contribution in [0.3, 0.4) is 0 Å². The second-order valence-corrected chi connectivity index (χ2v) is 5.26. The zero-order valence-corrected chi connectivity index (χ0v) is 11.8. The summed E-state index contributed by atoms with van der Waals surface area (Å²) < 4.78 is 19.4. The molecular weight excluding hydrogens is 241 g/mol. The summed E-state index contributed by atoms with van der Waals surface area (Å²) in [4.78, 5) is 0. The van der Waals surface area contributed by atoms with Crippen molar-refractivity contribution in [2.24, 2.45) is 0 Å². The zero-order chi connectivity index (χ0) is 13.5. The van der Waals surface area contributed by atoms with Gasteiger partial charge in [-0.15, -0.1) is 0 Å². The van der Waals surface area contributed by atoms with Crippen molar-refractivity contribution < 1.29 is 9.13 Å². The minimum atomic E-state index is -0.193. The maximum atomic E-state index is 13.3. The standard InChI is InChI=1S/C16H24FNO/c1-2-18-12-13-11-14(17)9-10-16(13)19-15-7-5-3-4-6-8-15/h9-11,15,18H,2-8,12H2,1H3. The smallest absolute Gasteiger partial charge is 0.124 e. The van der Waals surface area contributed by atoms with E-state index in [-0.39, 0.29) is 5.82 Å². The van der Waals surface area contributed by atoms with Gasteiger partial charge < -0.3 is 10.1 Å². The number of rotatable bonds is 5. The Bertz CT molecular complexity index is 386. The summed E-state index contributed by atoms with van der Waals surface area (Å²) in [7, 11) is 0. The van der Waals surface area contributed by atoms with E-state index in [9.17, 15) is 4.39 Å².